The minimum absolute atomic E-state index is 0.191. The second kappa shape index (κ2) is 5.13. The van der Waals surface area contributed by atoms with Crippen LogP contribution in [0.1, 0.15) is 20.3 Å². The second-order valence-corrected chi connectivity index (χ2v) is 2.52. The Morgan fingerprint density at radius 1 is 1.27 bits per heavy atom. The highest BCUT2D eigenvalue weighted by Crippen LogP contribution is 1.96. The molecule has 3 nitrogen and oxygen atoms in total. The Kier molecular flexibility index (Phi) is 4.86. The highest BCUT2D eigenvalue weighted by molar-refractivity contribution is 6.64. The van der Waals surface area contributed by atoms with Crippen LogP contribution in [-0.2, 0) is 9.59 Å². The van der Waals surface area contributed by atoms with Crippen LogP contribution in [0, 0.1) is 0 Å². The average molecular weight is 178 g/mol. The summed E-state index contributed by atoms with van der Waals surface area (Å²) in [5, 5.41) is -0.595. The first kappa shape index (κ1) is 10.4. The number of carbonyl (C=O) groups excluding carboxylic acids is 2. The maximum atomic E-state index is 11.0. The first-order valence-corrected chi connectivity index (χ1v) is 3.95. The summed E-state index contributed by atoms with van der Waals surface area (Å²) in [5.41, 5.74) is 0. The zero-order chi connectivity index (χ0) is 8.85. The van der Waals surface area contributed by atoms with Gasteiger partial charge < -0.3 is 4.90 Å². The lowest BCUT2D eigenvalue weighted by atomic mass is 10.4. The Balaban J connectivity index is 3.89. The van der Waals surface area contributed by atoms with E-state index in [1.165, 1.54) is 0 Å². The molecular weight excluding hydrogens is 166 g/mol. The molecule has 0 aliphatic rings. The van der Waals surface area contributed by atoms with Gasteiger partial charge in [0, 0.05) is 13.1 Å². The highest BCUT2D eigenvalue weighted by Gasteiger charge is 2.11. The van der Waals surface area contributed by atoms with Crippen LogP contribution < -0.4 is 0 Å². The number of rotatable bonds is 4. The number of hydrogen-bond donors (Lipinski definition) is 0. The lowest BCUT2D eigenvalue weighted by molar-refractivity contribution is -0.133. The van der Waals surface area contributed by atoms with Gasteiger partial charge in [0.1, 0.15) is 6.42 Å². The van der Waals surface area contributed by atoms with E-state index in [0.717, 1.165) is 0 Å². The monoisotopic (exact) mass is 177 g/mol. The third-order valence-corrected chi connectivity index (χ3v) is 1.54. The number of nitrogens with zero attached hydrogens (tertiary/aromatic N) is 1. The van der Waals surface area contributed by atoms with E-state index in [4.69, 9.17) is 11.6 Å². The van der Waals surface area contributed by atoms with Crippen molar-refractivity contribution in [3.63, 3.8) is 0 Å². The maximum absolute atomic E-state index is 11.0. The Bertz CT molecular complexity index is 155. The molecule has 0 saturated carbocycles. The SMILES string of the molecule is CCN(CC)C(=O)CC(=O)Cl. The van der Waals surface area contributed by atoms with Gasteiger partial charge in [-0.1, -0.05) is 0 Å². The van der Waals surface area contributed by atoms with Crippen LogP contribution in [0.5, 0.6) is 0 Å². The van der Waals surface area contributed by atoms with Crippen LogP contribution in [0.25, 0.3) is 0 Å². The number of halogens is 1. The van der Waals surface area contributed by atoms with Crippen molar-refractivity contribution in [3.05, 3.63) is 0 Å². The van der Waals surface area contributed by atoms with Gasteiger partial charge >= 0.3 is 0 Å². The van der Waals surface area contributed by atoms with Crippen LogP contribution >= 0.6 is 11.6 Å². The third kappa shape index (κ3) is 3.98. The van der Waals surface area contributed by atoms with Gasteiger partial charge in [0.2, 0.25) is 11.1 Å². The lowest BCUT2D eigenvalue weighted by Crippen LogP contribution is -2.31. The fourth-order valence-corrected chi connectivity index (χ4v) is 0.921. The van der Waals surface area contributed by atoms with E-state index in [-0.39, 0.29) is 12.3 Å². The van der Waals surface area contributed by atoms with E-state index < -0.39 is 5.24 Å². The quantitative estimate of drug-likeness (QED) is 0.475. The summed E-state index contributed by atoms with van der Waals surface area (Å²) >= 11 is 5.04. The number of hydrogen-bond acceptors (Lipinski definition) is 2. The summed E-state index contributed by atoms with van der Waals surface area (Å²) in [4.78, 5) is 22.9. The molecule has 0 aromatic rings. The predicted molar refractivity (Wildman–Crippen MR) is 43.4 cm³/mol. The first-order valence-electron chi connectivity index (χ1n) is 3.57. The average Bonchev–Trinajstić information content (AvgIpc) is 1.88. The van der Waals surface area contributed by atoms with Crippen molar-refractivity contribution in [2.45, 2.75) is 20.3 Å². The van der Waals surface area contributed by atoms with Crippen molar-refractivity contribution >= 4 is 22.8 Å². The molecule has 1 amide bonds. The van der Waals surface area contributed by atoms with Crippen LogP contribution in [0.15, 0.2) is 0 Å². The summed E-state index contributed by atoms with van der Waals surface area (Å²) in [6.45, 7) is 4.97. The summed E-state index contributed by atoms with van der Waals surface area (Å²) in [6.07, 6.45) is -0.191. The van der Waals surface area contributed by atoms with Gasteiger partial charge in [0.05, 0.1) is 0 Å². The molecule has 0 radical (unpaired) electrons. The van der Waals surface area contributed by atoms with Crippen molar-refractivity contribution in [1.29, 1.82) is 0 Å². The van der Waals surface area contributed by atoms with Crippen LogP contribution in [-0.4, -0.2) is 29.1 Å². The molecule has 0 fully saturated rings. The molecule has 4 heteroatoms. The van der Waals surface area contributed by atoms with Crippen molar-refractivity contribution < 1.29 is 9.59 Å². The van der Waals surface area contributed by atoms with Crippen molar-refractivity contribution in [3.8, 4) is 0 Å². The topological polar surface area (TPSA) is 37.4 Å². The smallest absolute Gasteiger partial charge is 0.231 e. The summed E-state index contributed by atoms with van der Waals surface area (Å²) < 4.78 is 0. The summed E-state index contributed by atoms with van der Waals surface area (Å²) in [5.74, 6) is -0.199. The minimum atomic E-state index is -0.595. The molecule has 0 aromatic carbocycles. The van der Waals surface area contributed by atoms with E-state index in [9.17, 15) is 9.59 Å². The van der Waals surface area contributed by atoms with Crippen molar-refractivity contribution in [2.75, 3.05) is 13.1 Å². The fourth-order valence-electron chi connectivity index (χ4n) is 0.807. The van der Waals surface area contributed by atoms with Gasteiger partial charge in [0.25, 0.3) is 0 Å². The Hall–Kier alpha value is -0.570. The lowest BCUT2D eigenvalue weighted by Gasteiger charge is -2.16. The van der Waals surface area contributed by atoms with Gasteiger partial charge in [0.15, 0.2) is 0 Å². The molecule has 64 valence electrons. The molecule has 11 heavy (non-hydrogen) atoms. The molecule has 0 N–H and O–H groups in total. The van der Waals surface area contributed by atoms with Crippen molar-refractivity contribution in [2.24, 2.45) is 0 Å². The zero-order valence-electron chi connectivity index (χ0n) is 6.76. The molecule has 0 heterocycles. The third-order valence-electron chi connectivity index (χ3n) is 1.41. The molecule has 0 aliphatic heterocycles. The molecule has 0 spiro atoms. The van der Waals surface area contributed by atoms with Gasteiger partial charge in [-0.25, -0.2) is 0 Å². The molecule has 0 saturated heterocycles. The fraction of sp³-hybridized carbons (Fsp3) is 0.714. The molecule has 0 atom stereocenters. The van der Waals surface area contributed by atoms with Crippen LogP contribution in [0.4, 0.5) is 0 Å². The van der Waals surface area contributed by atoms with Gasteiger partial charge in [-0.3, -0.25) is 9.59 Å². The zero-order valence-corrected chi connectivity index (χ0v) is 7.52. The normalized spacial score (nSPS) is 9.36. The number of amides is 1. The Morgan fingerprint density at radius 3 is 2.00 bits per heavy atom. The predicted octanol–water partition coefficient (Wildman–Crippen LogP) is 1.01. The molecule has 0 unspecified atom stereocenters. The van der Waals surface area contributed by atoms with E-state index >= 15 is 0 Å². The first-order chi connectivity index (χ1) is 5.11. The summed E-state index contributed by atoms with van der Waals surface area (Å²) in [6, 6.07) is 0. The van der Waals surface area contributed by atoms with Crippen molar-refractivity contribution in [1.82, 2.24) is 4.90 Å². The van der Waals surface area contributed by atoms with Gasteiger partial charge in [-0.15, -0.1) is 0 Å². The van der Waals surface area contributed by atoms with Gasteiger partial charge in [-0.2, -0.15) is 0 Å². The molecular formula is C7H12ClNO2. The minimum Gasteiger partial charge on any atom is -0.343 e. The molecule has 0 aromatic heterocycles. The second-order valence-electron chi connectivity index (χ2n) is 2.10. The van der Waals surface area contributed by atoms with E-state index in [1.54, 1.807) is 4.90 Å². The Labute approximate surface area is 71.3 Å². The standard InChI is InChI=1S/C7H12ClNO2/c1-3-9(4-2)7(11)5-6(8)10/h3-5H2,1-2H3. The van der Waals surface area contributed by atoms with Crippen LogP contribution in [0.3, 0.4) is 0 Å². The largest absolute Gasteiger partial charge is 0.343 e. The number of carbonyl (C=O) groups is 2. The van der Waals surface area contributed by atoms with E-state index in [0.29, 0.717) is 13.1 Å². The maximum Gasteiger partial charge on any atom is 0.231 e. The molecule has 0 aliphatic carbocycles. The highest BCUT2D eigenvalue weighted by atomic mass is 35.5. The van der Waals surface area contributed by atoms with Crippen LogP contribution in [0.2, 0.25) is 0 Å². The molecule has 0 rings (SSSR count). The van der Waals surface area contributed by atoms with Gasteiger partial charge in [-0.05, 0) is 25.4 Å². The Morgan fingerprint density at radius 2 is 1.73 bits per heavy atom. The molecule has 0 bridgehead atoms. The van der Waals surface area contributed by atoms with E-state index in [2.05, 4.69) is 0 Å². The van der Waals surface area contributed by atoms with E-state index in [1.807, 2.05) is 13.8 Å². The summed E-state index contributed by atoms with van der Waals surface area (Å²) in [7, 11) is 0.